The highest BCUT2D eigenvalue weighted by Gasteiger charge is 2.56. The lowest BCUT2D eigenvalue weighted by Crippen LogP contribution is -2.54. The Labute approximate surface area is 184 Å². The summed E-state index contributed by atoms with van der Waals surface area (Å²) >= 11 is 0. The molecule has 1 spiro atoms. The van der Waals surface area contributed by atoms with E-state index in [4.69, 9.17) is 4.74 Å². The van der Waals surface area contributed by atoms with Crippen molar-refractivity contribution in [2.45, 2.75) is 65.3 Å². The van der Waals surface area contributed by atoms with Crippen molar-refractivity contribution in [3.63, 3.8) is 0 Å². The zero-order valence-electron chi connectivity index (χ0n) is 19.2. The highest BCUT2D eigenvalue weighted by Crippen LogP contribution is 2.46. The van der Waals surface area contributed by atoms with Crippen LogP contribution in [0, 0.1) is 18.3 Å². The minimum atomic E-state index is -0.896. The number of imide groups is 1. The first-order valence-electron chi connectivity index (χ1n) is 11.2. The van der Waals surface area contributed by atoms with Crippen molar-refractivity contribution in [3.8, 4) is 5.75 Å². The van der Waals surface area contributed by atoms with Gasteiger partial charge in [0.1, 0.15) is 17.8 Å². The number of carbonyl (C=O) groups excluding carboxylic acids is 3. The lowest BCUT2D eigenvalue weighted by molar-refractivity contribution is -0.137. The summed E-state index contributed by atoms with van der Waals surface area (Å²) < 4.78 is 5.53. The van der Waals surface area contributed by atoms with E-state index in [1.54, 1.807) is 12.0 Å². The standard InChI is InChI=1S/C24H33N3O4/c1-15-11-23(3,4)14-24(12-15)21(29)27(22(30)25-24)13-19(28)26-10-6-7-17-16(2)8-9-18(31-5)20(17)26/h8-9,15H,6-7,10-14H2,1-5H3,(H,25,30). The summed E-state index contributed by atoms with van der Waals surface area (Å²) in [6.07, 6.45) is 3.94. The zero-order chi connectivity index (χ0) is 22.6. The molecule has 2 aliphatic heterocycles. The highest BCUT2D eigenvalue weighted by atomic mass is 16.5. The molecule has 0 radical (unpaired) electrons. The molecule has 2 atom stereocenters. The molecular formula is C24H33N3O4. The van der Waals surface area contributed by atoms with Crippen LogP contribution in [-0.2, 0) is 16.0 Å². The van der Waals surface area contributed by atoms with Crippen molar-refractivity contribution in [1.82, 2.24) is 10.2 Å². The van der Waals surface area contributed by atoms with Gasteiger partial charge in [-0.1, -0.05) is 26.8 Å². The van der Waals surface area contributed by atoms with Crippen LogP contribution >= 0.6 is 0 Å². The summed E-state index contributed by atoms with van der Waals surface area (Å²) in [7, 11) is 1.59. The first-order chi connectivity index (χ1) is 14.6. The smallest absolute Gasteiger partial charge is 0.325 e. The Morgan fingerprint density at radius 2 is 2.00 bits per heavy atom. The molecule has 1 aromatic rings. The Bertz CT molecular complexity index is 941. The molecule has 0 bridgehead atoms. The summed E-state index contributed by atoms with van der Waals surface area (Å²) in [6.45, 7) is 8.71. The van der Waals surface area contributed by atoms with Crippen LogP contribution in [0.5, 0.6) is 5.75 Å². The number of benzene rings is 1. The number of ether oxygens (including phenoxy) is 1. The van der Waals surface area contributed by atoms with E-state index in [9.17, 15) is 14.4 Å². The Hall–Kier alpha value is -2.57. The van der Waals surface area contributed by atoms with Gasteiger partial charge in [0.25, 0.3) is 5.91 Å². The molecule has 4 amide bonds. The van der Waals surface area contributed by atoms with Gasteiger partial charge < -0.3 is 15.0 Å². The van der Waals surface area contributed by atoms with E-state index in [2.05, 4.69) is 26.1 Å². The van der Waals surface area contributed by atoms with E-state index in [-0.39, 0.29) is 23.8 Å². The summed E-state index contributed by atoms with van der Waals surface area (Å²) in [6, 6.07) is 3.41. The number of aryl methyl sites for hydroxylation is 1. The topological polar surface area (TPSA) is 79.0 Å². The minimum Gasteiger partial charge on any atom is -0.495 e. The van der Waals surface area contributed by atoms with E-state index in [1.165, 1.54) is 0 Å². The summed E-state index contributed by atoms with van der Waals surface area (Å²) in [4.78, 5) is 42.4. The summed E-state index contributed by atoms with van der Waals surface area (Å²) in [5, 5.41) is 2.96. The quantitative estimate of drug-likeness (QED) is 0.750. The average molecular weight is 428 g/mol. The second-order valence-electron chi connectivity index (χ2n) is 10.3. The Balaban J connectivity index is 1.59. The number of rotatable bonds is 3. The number of nitrogens with zero attached hydrogens (tertiary/aromatic N) is 2. The van der Waals surface area contributed by atoms with Gasteiger partial charge in [-0.2, -0.15) is 0 Å². The average Bonchev–Trinajstić information content (AvgIpc) is 2.89. The van der Waals surface area contributed by atoms with Crippen LogP contribution in [-0.4, -0.2) is 48.5 Å². The molecule has 2 unspecified atom stereocenters. The van der Waals surface area contributed by atoms with Crippen LogP contribution in [0.15, 0.2) is 12.1 Å². The SMILES string of the molecule is COc1ccc(C)c2c1N(C(=O)CN1C(=O)NC3(CC(C)CC(C)(C)C3)C1=O)CCC2. The molecule has 168 valence electrons. The molecule has 4 rings (SSSR count). The van der Waals surface area contributed by atoms with Gasteiger partial charge in [0.15, 0.2) is 0 Å². The molecule has 0 aromatic heterocycles. The van der Waals surface area contributed by atoms with Crippen LogP contribution in [0.25, 0.3) is 0 Å². The molecule has 2 heterocycles. The number of carbonyl (C=O) groups is 3. The number of fused-ring (bicyclic) bond motifs is 1. The molecule has 1 aliphatic carbocycles. The molecule has 1 saturated carbocycles. The van der Waals surface area contributed by atoms with Crippen LogP contribution < -0.4 is 15.0 Å². The van der Waals surface area contributed by atoms with Gasteiger partial charge in [-0.15, -0.1) is 0 Å². The molecular weight excluding hydrogens is 394 g/mol. The fourth-order valence-electron chi connectivity index (χ4n) is 6.14. The van der Waals surface area contributed by atoms with Crippen molar-refractivity contribution in [1.29, 1.82) is 0 Å². The number of nitrogens with one attached hydrogen (secondary N) is 1. The zero-order valence-corrected chi connectivity index (χ0v) is 19.2. The maximum Gasteiger partial charge on any atom is 0.325 e. The summed E-state index contributed by atoms with van der Waals surface area (Å²) in [5.74, 6) is 0.447. The van der Waals surface area contributed by atoms with Crippen molar-refractivity contribution < 1.29 is 19.1 Å². The fourth-order valence-corrected chi connectivity index (χ4v) is 6.14. The van der Waals surface area contributed by atoms with E-state index in [0.29, 0.717) is 31.1 Å². The number of methoxy groups -OCH3 is 1. The monoisotopic (exact) mass is 427 g/mol. The van der Waals surface area contributed by atoms with Crippen molar-refractivity contribution in [2.24, 2.45) is 11.3 Å². The molecule has 1 N–H and O–H groups in total. The number of anilines is 1. The maximum absolute atomic E-state index is 13.4. The first kappa shape index (κ1) is 21.7. The second kappa shape index (κ2) is 7.53. The van der Waals surface area contributed by atoms with Gasteiger partial charge in [0.05, 0.1) is 12.8 Å². The third-order valence-corrected chi connectivity index (χ3v) is 7.00. The number of amides is 4. The predicted molar refractivity (Wildman–Crippen MR) is 118 cm³/mol. The lowest BCUT2D eigenvalue weighted by atomic mass is 9.64. The maximum atomic E-state index is 13.4. The summed E-state index contributed by atoms with van der Waals surface area (Å²) in [5.41, 5.74) is 2.04. The van der Waals surface area contributed by atoms with Crippen LogP contribution in [0.2, 0.25) is 0 Å². The van der Waals surface area contributed by atoms with Gasteiger partial charge in [0, 0.05) is 6.54 Å². The molecule has 7 heteroatoms. The third kappa shape index (κ3) is 3.68. The van der Waals surface area contributed by atoms with Gasteiger partial charge in [0.2, 0.25) is 5.91 Å². The number of hydrogen-bond donors (Lipinski definition) is 1. The molecule has 7 nitrogen and oxygen atoms in total. The van der Waals surface area contributed by atoms with Gasteiger partial charge in [-0.3, -0.25) is 14.5 Å². The van der Waals surface area contributed by atoms with Gasteiger partial charge in [-0.05, 0) is 67.6 Å². The lowest BCUT2D eigenvalue weighted by Gasteiger charge is -2.43. The normalized spacial score (nSPS) is 27.3. The molecule has 3 aliphatic rings. The molecule has 2 fully saturated rings. The Morgan fingerprint density at radius 1 is 1.26 bits per heavy atom. The highest BCUT2D eigenvalue weighted by molar-refractivity contribution is 6.11. The molecule has 1 aromatic carbocycles. The number of hydrogen-bond acceptors (Lipinski definition) is 4. The van der Waals surface area contributed by atoms with E-state index in [0.717, 1.165) is 41.0 Å². The molecule has 31 heavy (non-hydrogen) atoms. The van der Waals surface area contributed by atoms with E-state index < -0.39 is 11.6 Å². The molecule has 1 saturated heterocycles. The van der Waals surface area contributed by atoms with E-state index in [1.807, 2.05) is 19.1 Å². The second-order valence-corrected chi connectivity index (χ2v) is 10.3. The van der Waals surface area contributed by atoms with Crippen molar-refractivity contribution in [3.05, 3.63) is 23.3 Å². The minimum absolute atomic E-state index is 0.0443. The number of urea groups is 1. The van der Waals surface area contributed by atoms with Gasteiger partial charge in [-0.25, -0.2) is 4.79 Å². The third-order valence-electron chi connectivity index (χ3n) is 7.00. The first-order valence-corrected chi connectivity index (χ1v) is 11.2. The van der Waals surface area contributed by atoms with E-state index >= 15 is 0 Å². The Kier molecular flexibility index (Phi) is 5.26. The van der Waals surface area contributed by atoms with Crippen molar-refractivity contribution in [2.75, 3.05) is 25.1 Å². The fraction of sp³-hybridized carbons (Fsp3) is 0.625. The van der Waals surface area contributed by atoms with Crippen molar-refractivity contribution >= 4 is 23.5 Å². The largest absolute Gasteiger partial charge is 0.495 e. The van der Waals surface area contributed by atoms with Crippen LogP contribution in [0.4, 0.5) is 10.5 Å². The Morgan fingerprint density at radius 3 is 2.68 bits per heavy atom. The van der Waals surface area contributed by atoms with Crippen LogP contribution in [0.3, 0.4) is 0 Å². The van der Waals surface area contributed by atoms with Gasteiger partial charge >= 0.3 is 6.03 Å². The van der Waals surface area contributed by atoms with Crippen LogP contribution in [0.1, 0.15) is 57.6 Å². The predicted octanol–water partition coefficient (Wildman–Crippen LogP) is 3.42.